The number of nitrogens with zero attached hydrogens (tertiary/aromatic N) is 3. The van der Waals surface area contributed by atoms with Gasteiger partial charge < -0.3 is 19.7 Å². The number of piperidine rings is 1. The minimum absolute atomic E-state index is 0.181. The summed E-state index contributed by atoms with van der Waals surface area (Å²) >= 11 is 1.41. The van der Waals surface area contributed by atoms with Crippen molar-refractivity contribution in [2.45, 2.75) is 46.1 Å². The van der Waals surface area contributed by atoms with Crippen molar-refractivity contribution in [3.8, 4) is 11.5 Å². The Morgan fingerprint density at radius 2 is 2.00 bits per heavy atom. The van der Waals surface area contributed by atoms with E-state index in [1.54, 1.807) is 32.4 Å². The van der Waals surface area contributed by atoms with Crippen LogP contribution in [-0.2, 0) is 0 Å². The Morgan fingerprint density at radius 3 is 2.71 bits per heavy atom. The molecule has 1 fully saturated rings. The summed E-state index contributed by atoms with van der Waals surface area (Å²) < 4.78 is 10.7. The molecule has 0 bridgehead atoms. The van der Waals surface area contributed by atoms with Crippen molar-refractivity contribution in [1.29, 1.82) is 0 Å². The fourth-order valence-electron chi connectivity index (χ4n) is 4.14. The molecule has 0 saturated carbocycles. The SMILES string of the molecule is COc1ccc(NC(=O)c2sc3nc(C)nc(N4CCCC[C@@H]4C)c3c2C)c(OC)c1. The van der Waals surface area contributed by atoms with Gasteiger partial charge in [0.1, 0.15) is 28.0 Å². The third kappa shape index (κ3) is 4.04. The molecule has 3 heterocycles. The highest BCUT2D eigenvalue weighted by Crippen LogP contribution is 2.38. The predicted octanol–water partition coefficient (Wildman–Crippen LogP) is 4.96. The van der Waals surface area contributed by atoms with E-state index in [4.69, 9.17) is 14.5 Å². The zero-order valence-corrected chi connectivity index (χ0v) is 19.4. The highest BCUT2D eigenvalue weighted by atomic mass is 32.1. The number of methoxy groups -OCH3 is 2. The largest absolute Gasteiger partial charge is 0.497 e. The number of hydrogen-bond donors (Lipinski definition) is 1. The van der Waals surface area contributed by atoms with Crippen LogP contribution < -0.4 is 19.7 Å². The van der Waals surface area contributed by atoms with Gasteiger partial charge in [0, 0.05) is 18.7 Å². The molecule has 1 aromatic carbocycles. The Kier molecular flexibility index (Phi) is 6.00. The quantitative estimate of drug-likeness (QED) is 0.605. The monoisotopic (exact) mass is 440 g/mol. The van der Waals surface area contributed by atoms with Gasteiger partial charge in [0.15, 0.2) is 0 Å². The van der Waals surface area contributed by atoms with Gasteiger partial charge in [0.2, 0.25) is 0 Å². The third-order valence-corrected chi connectivity index (χ3v) is 7.01. The molecule has 8 heteroatoms. The van der Waals surface area contributed by atoms with E-state index in [2.05, 4.69) is 22.1 Å². The molecule has 1 aliphatic rings. The van der Waals surface area contributed by atoms with E-state index in [1.165, 1.54) is 17.8 Å². The van der Waals surface area contributed by atoms with Gasteiger partial charge in [-0.25, -0.2) is 9.97 Å². The standard InChI is InChI=1S/C23H28N4O3S/c1-13-8-6-7-11-27(13)21-19-14(2)20(31-23(19)25-15(3)24-21)22(28)26-17-10-9-16(29-4)12-18(17)30-5/h9-10,12-13H,6-8,11H2,1-5H3,(H,26,28)/t13-/m0/s1. The average molecular weight is 441 g/mol. The molecule has 31 heavy (non-hydrogen) atoms. The fraction of sp³-hybridized carbons (Fsp3) is 0.435. The highest BCUT2D eigenvalue weighted by molar-refractivity contribution is 7.20. The number of hydrogen-bond acceptors (Lipinski definition) is 7. The van der Waals surface area contributed by atoms with Gasteiger partial charge in [-0.1, -0.05) is 0 Å². The number of thiophene rings is 1. The number of aryl methyl sites for hydroxylation is 2. The Bertz CT molecular complexity index is 1130. The average Bonchev–Trinajstić information content (AvgIpc) is 3.10. The van der Waals surface area contributed by atoms with Crippen molar-refractivity contribution in [3.05, 3.63) is 34.5 Å². The number of carbonyl (C=O) groups is 1. The van der Waals surface area contributed by atoms with E-state index in [1.807, 2.05) is 13.8 Å². The maximum Gasteiger partial charge on any atom is 0.266 e. The van der Waals surface area contributed by atoms with Gasteiger partial charge in [-0.3, -0.25) is 4.79 Å². The molecule has 1 atom stereocenters. The molecular weight excluding hydrogens is 412 g/mol. The Hall–Kier alpha value is -2.87. The number of aromatic nitrogens is 2. The summed E-state index contributed by atoms with van der Waals surface area (Å²) in [4.78, 5) is 26.5. The smallest absolute Gasteiger partial charge is 0.266 e. The number of benzene rings is 1. The van der Waals surface area contributed by atoms with E-state index in [-0.39, 0.29) is 5.91 Å². The van der Waals surface area contributed by atoms with Crippen LogP contribution in [0.15, 0.2) is 18.2 Å². The van der Waals surface area contributed by atoms with Crippen molar-refractivity contribution in [1.82, 2.24) is 9.97 Å². The number of amides is 1. The first kappa shape index (κ1) is 21.4. The summed E-state index contributed by atoms with van der Waals surface area (Å²) in [5.74, 6) is 2.71. The molecule has 0 radical (unpaired) electrons. The number of fused-ring (bicyclic) bond motifs is 1. The van der Waals surface area contributed by atoms with Crippen LogP contribution >= 0.6 is 11.3 Å². The summed E-state index contributed by atoms with van der Waals surface area (Å²) in [7, 11) is 3.16. The molecule has 1 N–H and O–H groups in total. The lowest BCUT2D eigenvalue weighted by Gasteiger charge is -2.35. The maximum atomic E-state index is 13.2. The second-order valence-electron chi connectivity index (χ2n) is 7.89. The molecule has 7 nitrogen and oxygen atoms in total. The van der Waals surface area contributed by atoms with Crippen LogP contribution in [0.5, 0.6) is 11.5 Å². The van der Waals surface area contributed by atoms with Gasteiger partial charge in [0.25, 0.3) is 5.91 Å². The summed E-state index contributed by atoms with van der Waals surface area (Å²) in [6.45, 7) is 7.12. The lowest BCUT2D eigenvalue weighted by Crippen LogP contribution is -2.38. The van der Waals surface area contributed by atoms with Crippen LogP contribution in [0.4, 0.5) is 11.5 Å². The fourth-order valence-corrected chi connectivity index (χ4v) is 5.26. The van der Waals surface area contributed by atoms with Crippen molar-refractivity contribution in [2.24, 2.45) is 0 Å². The van der Waals surface area contributed by atoms with E-state index in [0.29, 0.717) is 28.1 Å². The van der Waals surface area contributed by atoms with Gasteiger partial charge in [-0.15, -0.1) is 11.3 Å². The minimum atomic E-state index is -0.181. The Balaban J connectivity index is 1.73. The molecular formula is C23H28N4O3S. The number of anilines is 2. The van der Waals surface area contributed by atoms with Gasteiger partial charge in [0.05, 0.1) is 30.2 Å². The number of ether oxygens (including phenoxy) is 2. The molecule has 164 valence electrons. The number of rotatable bonds is 5. The van der Waals surface area contributed by atoms with Crippen molar-refractivity contribution in [3.63, 3.8) is 0 Å². The number of carbonyl (C=O) groups excluding carboxylic acids is 1. The molecule has 1 saturated heterocycles. The van der Waals surface area contributed by atoms with Crippen LogP contribution in [0, 0.1) is 13.8 Å². The first-order chi connectivity index (χ1) is 14.9. The van der Waals surface area contributed by atoms with Crippen LogP contribution in [-0.4, -0.2) is 42.7 Å². The summed E-state index contributed by atoms with van der Waals surface area (Å²) in [5, 5.41) is 3.96. The number of nitrogens with one attached hydrogen (secondary N) is 1. The zero-order chi connectivity index (χ0) is 22.1. The predicted molar refractivity (Wildman–Crippen MR) is 125 cm³/mol. The van der Waals surface area contributed by atoms with Crippen LogP contribution in [0.2, 0.25) is 0 Å². The summed E-state index contributed by atoms with van der Waals surface area (Å²) in [6, 6.07) is 5.74. The minimum Gasteiger partial charge on any atom is -0.497 e. The highest BCUT2D eigenvalue weighted by Gasteiger charge is 2.26. The van der Waals surface area contributed by atoms with Crippen LogP contribution in [0.1, 0.15) is 47.2 Å². The lowest BCUT2D eigenvalue weighted by atomic mass is 10.0. The molecule has 0 spiro atoms. The molecule has 1 amide bonds. The molecule has 3 aromatic rings. The second kappa shape index (κ2) is 8.70. The lowest BCUT2D eigenvalue weighted by molar-refractivity contribution is 0.102. The molecule has 0 aliphatic carbocycles. The Morgan fingerprint density at radius 1 is 1.19 bits per heavy atom. The normalized spacial score (nSPS) is 16.4. The maximum absolute atomic E-state index is 13.2. The van der Waals surface area contributed by atoms with Gasteiger partial charge >= 0.3 is 0 Å². The molecule has 1 aliphatic heterocycles. The van der Waals surface area contributed by atoms with Crippen molar-refractivity contribution >= 4 is 39.0 Å². The van der Waals surface area contributed by atoms with Crippen molar-refractivity contribution < 1.29 is 14.3 Å². The summed E-state index contributed by atoms with van der Waals surface area (Å²) in [5.41, 5.74) is 1.51. The van der Waals surface area contributed by atoms with Crippen molar-refractivity contribution in [2.75, 3.05) is 31.0 Å². The first-order valence-electron chi connectivity index (χ1n) is 10.5. The zero-order valence-electron chi connectivity index (χ0n) is 18.6. The summed E-state index contributed by atoms with van der Waals surface area (Å²) in [6.07, 6.45) is 3.55. The topological polar surface area (TPSA) is 76.6 Å². The Labute approximate surface area is 186 Å². The van der Waals surface area contributed by atoms with Gasteiger partial charge in [-0.2, -0.15) is 0 Å². The van der Waals surface area contributed by atoms with E-state index in [0.717, 1.165) is 46.8 Å². The third-order valence-electron chi connectivity index (χ3n) is 5.82. The van der Waals surface area contributed by atoms with Crippen LogP contribution in [0.25, 0.3) is 10.2 Å². The second-order valence-corrected chi connectivity index (χ2v) is 8.89. The first-order valence-corrected chi connectivity index (χ1v) is 11.3. The molecule has 4 rings (SSSR count). The van der Waals surface area contributed by atoms with Crippen LogP contribution in [0.3, 0.4) is 0 Å². The molecule has 0 unspecified atom stereocenters. The molecule has 2 aromatic heterocycles. The van der Waals surface area contributed by atoms with E-state index in [9.17, 15) is 4.79 Å². The van der Waals surface area contributed by atoms with Gasteiger partial charge in [-0.05, 0) is 57.7 Å². The van der Waals surface area contributed by atoms with E-state index < -0.39 is 0 Å². The van der Waals surface area contributed by atoms with E-state index >= 15 is 0 Å².